The fourth-order valence-electron chi connectivity index (χ4n) is 6.09. The van der Waals surface area contributed by atoms with Crippen LogP contribution in [0.1, 0.15) is 66.1 Å². The zero-order chi connectivity index (χ0) is 23.5. The van der Waals surface area contributed by atoms with Gasteiger partial charge in [-0.05, 0) is 73.4 Å². The van der Waals surface area contributed by atoms with E-state index in [9.17, 15) is 9.59 Å². The van der Waals surface area contributed by atoms with Crippen LogP contribution in [0.3, 0.4) is 0 Å². The summed E-state index contributed by atoms with van der Waals surface area (Å²) in [6, 6.07) is 15.6. The van der Waals surface area contributed by atoms with Crippen LogP contribution in [0.2, 0.25) is 5.02 Å². The van der Waals surface area contributed by atoms with Gasteiger partial charge in [-0.25, -0.2) is 0 Å². The lowest BCUT2D eigenvalue weighted by Gasteiger charge is -2.41. The summed E-state index contributed by atoms with van der Waals surface area (Å²) in [7, 11) is 0. The maximum atomic E-state index is 13.7. The highest BCUT2D eigenvalue weighted by atomic mass is 35.5. The van der Waals surface area contributed by atoms with Crippen molar-refractivity contribution in [2.75, 3.05) is 26.2 Å². The summed E-state index contributed by atoms with van der Waals surface area (Å²) in [5.74, 6) is 0.612. The van der Waals surface area contributed by atoms with Crippen molar-refractivity contribution in [3.63, 3.8) is 0 Å². The van der Waals surface area contributed by atoms with E-state index in [0.29, 0.717) is 29.6 Å². The number of carbonyl (C=O) groups excluding carboxylic acids is 2. The number of fused-ring (bicyclic) bond motifs is 1. The minimum absolute atomic E-state index is 0.0389. The Labute approximate surface area is 207 Å². The van der Waals surface area contributed by atoms with Gasteiger partial charge < -0.3 is 10.2 Å². The molecule has 5 nitrogen and oxygen atoms in total. The van der Waals surface area contributed by atoms with Crippen LogP contribution in [0.15, 0.2) is 48.5 Å². The van der Waals surface area contributed by atoms with E-state index >= 15 is 0 Å². The molecular formula is C28H34ClN3O2. The molecule has 1 aliphatic heterocycles. The van der Waals surface area contributed by atoms with E-state index in [0.717, 1.165) is 45.2 Å². The Balaban J connectivity index is 1.26. The summed E-state index contributed by atoms with van der Waals surface area (Å²) in [5.41, 5.74) is 3.32. The van der Waals surface area contributed by atoms with E-state index in [4.69, 9.17) is 11.6 Å². The third-order valence-corrected chi connectivity index (χ3v) is 8.14. The molecule has 1 saturated carbocycles. The summed E-state index contributed by atoms with van der Waals surface area (Å²) in [5, 5.41) is 4.07. The Morgan fingerprint density at radius 2 is 1.59 bits per heavy atom. The van der Waals surface area contributed by atoms with Gasteiger partial charge >= 0.3 is 0 Å². The Morgan fingerprint density at radius 1 is 0.882 bits per heavy atom. The molecule has 2 aromatic rings. The van der Waals surface area contributed by atoms with Crippen molar-refractivity contribution in [3.05, 3.63) is 70.2 Å². The normalized spacial score (nSPS) is 22.3. The van der Waals surface area contributed by atoms with Gasteiger partial charge in [-0.2, -0.15) is 0 Å². The summed E-state index contributed by atoms with van der Waals surface area (Å²) < 4.78 is 0. The molecule has 1 N–H and O–H groups in total. The highest BCUT2D eigenvalue weighted by molar-refractivity contribution is 6.30. The van der Waals surface area contributed by atoms with E-state index in [1.54, 1.807) is 24.3 Å². The van der Waals surface area contributed by atoms with Crippen molar-refractivity contribution in [1.29, 1.82) is 0 Å². The number of aryl methyl sites for hydroxylation is 1. The quantitative estimate of drug-likeness (QED) is 0.666. The van der Waals surface area contributed by atoms with Crippen molar-refractivity contribution in [2.45, 2.75) is 57.0 Å². The van der Waals surface area contributed by atoms with Gasteiger partial charge in [0, 0.05) is 36.8 Å². The van der Waals surface area contributed by atoms with Crippen molar-refractivity contribution in [2.24, 2.45) is 5.92 Å². The molecule has 0 bridgehead atoms. The monoisotopic (exact) mass is 479 g/mol. The SMILES string of the molecule is O=C(NC1CCCc2ccccc21)C(C1CCCC1)N1CCN(C(=O)c2ccc(Cl)cc2)CC1. The predicted molar refractivity (Wildman–Crippen MR) is 135 cm³/mol. The Morgan fingerprint density at radius 3 is 2.32 bits per heavy atom. The summed E-state index contributed by atoms with van der Waals surface area (Å²) in [4.78, 5) is 30.9. The van der Waals surface area contributed by atoms with Crippen molar-refractivity contribution in [3.8, 4) is 0 Å². The largest absolute Gasteiger partial charge is 0.348 e. The van der Waals surface area contributed by atoms with Crippen LogP contribution in [0.4, 0.5) is 0 Å². The fourth-order valence-corrected chi connectivity index (χ4v) is 6.22. The molecule has 34 heavy (non-hydrogen) atoms. The average molecular weight is 480 g/mol. The van der Waals surface area contributed by atoms with Crippen LogP contribution >= 0.6 is 11.6 Å². The molecule has 5 rings (SSSR count). The minimum Gasteiger partial charge on any atom is -0.348 e. The summed E-state index contributed by atoms with van der Waals surface area (Å²) in [6.07, 6.45) is 7.85. The smallest absolute Gasteiger partial charge is 0.253 e. The second-order valence-corrected chi connectivity index (χ2v) is 10.4. The van der Waals surface area contributed by atoms with Crippen molar-refractivity contribution >= 4 is 23.4 Å². The van der Waals surface area contributed by atoms with Crippen molar-refractivity contribution < 1.29 is 9.59 Å². The van der Waals surface area contributed by atoms with E-state index < -0.39 is 0 Å². The summed E-state index contributed by atoms with van der Waals surface area (Å²) in [6.45, 7) is 2.75. The Bertz CT molecular complexity index is 1010. The highest BCUT2D eigenvalue weighted by Crippen LogP contribution is 2.33. The number of nitrogens with one attached hydrogen (secondary N) is 1. The van der Waals surface area contributed by atoms with Crippen LogP contribution in [0.25, 0.3) is 0 Å². The third kappa shape index (κ3) is 5.01. The van der Waals surface area contributed by atoms with Gasteiger partial charge in [0.1, 0.15) is 0 Å². The van der Waals surface area contributed by atoms with Gasteiger partial charge in [0.25, 0.3) is 5.91 Å². The van der Waals surface area contributed by atoms with Crippen LogP contribution in [0.5, 0.6) is 0 Å². The lowest BCUT2D eigenvalue weighted by Crippen LogP contribution is -2.58. The second kappa shape index (κ2) is 10.5. The van der Waals surface area contributed by atoms with Gasteiger partial charge in [-0.15, -0.1) is 0 Å². The second-order valence-electron chi connectivity index (χ2n) is 9.98. The minimum atomic E-state index is -0.107. The lowest BCUT2D eigenvalue weighted by molar-refractivity contribution is -0.130. The first-order chi connectivity index (χ1) is 16.6. The van der Waals surface area contributed by atoms with Gasteiger partial charge in [-0.3, -0.25) is 14.5 Å². The fraction of sp³-hybridized carbons (Fsp3) is 0.500. The van der Waals surface area contributed by atoms with E-state index in [-0.39, 0.29) is 23.9 Å². The van der Waals surface area contributed by atoms with E-state index in [2.05, 4.69) is 34.5 Å². The first-order valence-corrected chi connectivity index (χ1v) is 13.1. The number of nitrogens with zero attached hydrogens (tertiary/aromatic N) is 2. The lowest BCUT2D eigenvalue weighted by atomic mass is 9.87. The number of carbonyl (C=O) groups is 2. The molecule has 2 fully saturated rings. The van der Waals surface area contributed by atoms with Crippen LogP contribution in [-0.4, -0.2) is 53.8 Å². The highest BCUT2D eigenvalue weighted by Gasteiger charge is 2.38. The molecule has 2 amide bonds. The number of halogens is 1. The molecule has 3 aliphatic rings. The maximum Gasteiger partial charge on any atom is 0.253 e. The van der Waals surface area contributed by atoms with Gasteiger partial charge in [0.2, 0.25) is 5.91 Å². The summed E-state index contributed by atoms with van der Waals surface area (Å²) >= 11 is 5.98. The van der Waals surface area contributed by atoms with Gasteiger partial charge in [0.05, 0.1) is 12.1 Å². The average Bonchev–Trinajstić information content (AvgIpc) is 3.39. The molecule has 2 aliphatic carbocycles. The Kier molecular flexibility index (Phi) is 7.21. The first kappa shape index (κ1) is 23.4. The molecule has 180 valence electrons. The maximum absolute atomic E-state index is 13.7. The molecule has 1 heterocycles. The standard InChI is InChI=1S/C28H34ClN3O2/c29-23-14-12-22(13-15-23)28(34)32-18-16-31(17-19-32)26(21-7-1-2-8-21)27(33)30-25-11-5-9-20-6-3-4-10-24(20)25/h3-4,6,10,12-15,21,25-26H,1-2,5,7-9,11,16-19H2,(H,30,33). The topological polar surface area (TPSA) is 52.7 Å². The molecule has 1 saturated heterocycles. The first-order valence-electron chi connectivity index (χ1n) is 12.8. The zero-order valence-electron chi connectivity index (χ0n) is 19.7. The number of hydrogen-bond acceptors (Lipinski definition) is 3. The molecular weight excluding hydrogens is 446 g/mol. The van der Waals surface area contributed by atoms with Crippen LogP contribution in [-0.2, 0) is 11.2 Å². The van der Waals surface area contributed by atoms with Crippen LogP contribution in [0, 0.1) is 5.92 Å². The number of benzene rings is 2. The molecule has 0 radical (unpaired) electrons. The molecule has 0 aromatic heterocycles. The Hall–Kier alpha value is -2.37. The number of piperazine rings is 1. The van der Waals surface area contributed by atoms with Crippen LogP contribution < -0.4 is 5.32 Å². The molecule has 2 aromatic carbocycles. The molecule has 2 atom stereocenters. The van der Waals surface area contributed by atoms with Gasteiger partial charge in [-0.1, -0.05) is 48.7 Å². The van der Waals surface area contributed by atoms with Gasteiger partial charge in [0.15, 0.2) is 0 Å². The van der Waals surface area contributed by atoms with E-state index in [1.807, 2.05) is 4.90 Å². The molecule has 2 unspecified atom stereocenters. The number of amides is 2. The molecule has 6 heteroatoms. The zero-order valence-corrected chi connectivity index (χ0v) is 20.5. The predicted octanol–water partition coefficient (Wildman–Crippen LogP) is 4.85. The number of rotatable bonds is 5. The number of hydrogen-bond donors (Lipinski definition) is 1. The van der Waals surface area contributed by atoms with E-state index in [1.165, 1.54) is 24.0 Å². The van der Waals surface area contributed by atoms with Crippen molar-refractivity contribution in [1.82, 2.24) is 15.1 Å². The third-order valence-electron chi connectivity index (χ3n) is 7.89. The molecule has 0 spiro atoms.